The number of carbonyl (C=O) groups excluding carboxylic acids is 3. The van der Waals surface area contributed by atoms with Crippen molar-refractivity contribution < 1.29 is 14.4 Å². The van der Waals surface area contributed by atoms with Crippen molar-refractivity contribution in [1.82, 2.24) is 10.2 Å². The molecule has 1 heterocycles. The first kappa shape index (κ1) is 18.4. The molecule has 0 aromatic heterocycles. The summed E-state index contributed by atoms with van der Waals surface area (Å²) in [5, 5.41) is 3.01. The maximum Gasteiger partial charge on any atom is 0.288 e. The molecular weight excluding hydrogens is 379 g/mol. The SMILES string of the molecule is C[C@@H](Sc1c(Cl)cccc1Cl)C(=O)NCCN1C(=O)CSC1=O. The normalized spacial score (nSPS) is 15.9. The van der Waals surface area contributed by atoms with E-state index in [9.17, 15) is 14.4 Å². The van der Waals surface area contributed by atoms with Crippen LogP contribution in [0.15, 0.2) is 23.1 Å². The van der Waals surface area contributed by atoms with Gasteiger partial charge in [-0.25, -0.2) is 0 Å². The Morgan fingerprint density at radius 2 is 2.04 bits per heavy atom. The molecule has 0 saturated carbocycles. The van der Waals surface area contributed by atoms with Crippen LogP contribution in [0.25, 0.3) is 0 Å². The predicted molar refractivity (Wildman–Crippen MR) is 94.4 cm³/mol. The second-order valence-electron chi connectivity index (χ2n) is 4.70. The summed E-state index contributed by atoms with van der Waals surface area (Å²) in [7, 11) is 0. The number of hydrogen-bond acceptors (Lipinski definition) is 5. The van der Waals surface area contributed by atoms with Gasteiger partial charge in [-0.15, -0.1) is 11.8 Å². The van der Waals surface area contributed by atoms with Gasteiger partial charge in [0.2, 0.25) is 11.8 Å². The first-order valence-corrected chi connectivity index (χ1v) is 9.37. The molecule has 9 heteroatoms. The summed E-state index contributed by atoms with van der Waals surface area (Å²) in [6.07, 6.45) is 0. The maximum atomic E-state index is 12.1. The Balaban J connectivity index is 1.83. The molecule has 124 valence electrons. The summed E-state index contributed by atoms with van der Waals surface area (Å²) in [6.45, 7) is 2.14. The van der Waals surface area contributed by atoms with E-state index >= 15 is 0 Å². The van der Waals surface area contributed by atoms with E-state index in [1.54, 1.807) is 25.1 Å². The minimum absolute atomic E-state index is 0.171. The number of hydrogen-bond donors (Lipinski definition) is 1. The summed E-state index contributed by atoms with van der Waals surface area (Å²) < 4.78 is 0. The van der Waals surface area contributed by atoms with Crippen molar-refractivity contribution in [3.63, 3.8) is 0 Å². The topological polar surface area (TPSA) is 66.5 Å². The van der Waals surface area contributed by atoms with Gasteiger partial charge in [-0.05, 0) is 19.1 Å². The Morgan fingerprint density at radius 3 is 2.61 bits per heavy atom. The van der Waals surface area contributed by atoms with Crippen LogP contribution in [0.5, 0.6) is 0 Å². The van der Waals surface area contributed by atoms with Crippen molar-refractivity contribution in [3.8, 4) is 0 Å². The molecule has 2 rings (SSSR count). The second kappa shape index (κ2) is 8.28. The van der Waals surface area contributed by atoms with Crippen LogP contribution in [-0.4, -0.2) is 46.0 Å². The van der Waals surface area contributed by atoms with Crippen molar-refractivity contribution in [2.75, 3.05) is 18.8 Å². The van der Waals surface area contributed by atoms with Gasteiger partial charge < -0.3 is 5.32 Å². The quantitative estimate of drug-likeness (QED) is 0.752. The highest BCUT2D eigenvalue weighted by molar-refractivity contribution is 8.14. The molecule has 1 saturated heterocycles. The smallest absolute Gasteiger partial charge is 0.288 e. The molecule has 1 fully saturated rings. The number of amides is 3. The van der Waals surface area contributed by atoms with Gasteiger partial charge in [0, 0.05) is 18.0 Å². The molecule has 1 aromatic rings. The number of halogens is 2. The zero-order valence-corrected chi connectivity index (χ0v) is 15.3. The second-order valence-corrected chi connectivity index (χ2v) is 7.79. The number of rotatable bonds is 6. The van der Waals surface area contributed by atoms with Gasteiger partial charge in [0.05, 0.1) is 21.0 Å². The van der Waals surface area contributed by atoms with Gasteiger partial charge in [0.25, 0.3) is 5.24 Å². The van der Waals surface area contributed by atoms with E-state index in [0.29, 0.717) is 14.9 Å². The third kappa shape index (κ3) is 4.79. The number of thioether (sulfide) groups is 2. The van der Waals surface area contributed by atoms with E-state index in [1.165, 1.54) is 11.8 Å². The average molecular weight is 393 g/mol. The van der Waals surface area contributed by atoms with Crippen LogP contribution in [-0.2, 0) is 9.59 Å². The van der Waals surface area contributed by atoms with Crippen LogP contribution in [0, 0.1) is 0 Å². The summed E-state index contributed by atoms with van der Waals surface area (Å²) in [5.41, 5.74) is 0. The molecular formula is C14H14Cl2N2O3S2. The van der Waals surface area contributed by atoms with Crippen LogP contribution in [0.3, 0.4) is 0 Å². The molecule has 0 aliphatic carbocycles. The lowest BCUT2D eigenvalue weighted by atomic mass is 10.4. The lowest BCUT2D eigenvalue weighted by Gasteiger charge is -2.16. The minimum Gasteiger partial charge on any atom is -0.353 e. The fourth-order valence-corrected chi connectivity index (χ4v) is 4.18. The molecule has 1 atom stereocenters. The summed E-state index contributed by atoms with van der Waals surface area (Å²) >= 11 is 14.4. The number of carbonyl (C=O) groups is 3. The molecule has 0 bridgehead atoms. The van der Waals surface area contributed by atoms with Crippen molar-refractivity contribution in [3.05, 3.63) is 28.2 Å². The highest BCUT2D eigenvalue weighted by Crippen LogP contribution is 2.36. The van der Waals surface area contributed by atoms with E-state index in [1.807, 2.05) is 0 Å². The van der Waals surface area contributed by atoms with Crippen molar-refractivity contribution in [2.45, 2.75) is 17.1 Å². The standard InChI is InChI=1S/C14H14Cl2N2O3S2/c1-8(23-12-9(15)3-2-4-10(12)16)13(20)17-5-6-18-11(19)7-22-14(18)21/h2-4,8H,5-7H2,1H3,(H,17,20)/t8-/m1/s1. The average Bonchev–Trinajstić information content (AvgIpc) is 2.82. The number of nitrogens with zero attached hydrogens (tertiary/aromatic N) is 1. The molecule has 0 spiro atoms. The molecule has 1 N–H and O–H groups in total. The van der Waals surface area contributed by atoms with Crippen molar-refractivity contribution in [2.24, 2.45) is 0 Å². The van der Waals surface area contributed by atoms with E-state index in [4.69, 9.17) is 23.2 Å². The van der Waals surface area contributed by atoms with Crippen LogP contribution >= 0.6 is 46.7 Å². The van der Waals surface area contributed by atoms with Crippen LogP contribution in [0.1, 0.15) is 6.92 Å². The lowest BCUT2D eigenvalue weighted by molar-refractivity contribution is -0.125. The van der Waals surface area contributed by atoms with E-state index in [-0.39, 0.29) is 35.9 Å². The van der Waals surface area contributed by atoms with E-state index in [2.05, 4.69) is 5.32 Å². The Labute approximate surface area is 152 Å². The molecule has 1 aromatic carbocycles. The molecule has 1 aliphatic rings. The summed E-state index contributed by atoms with van der Waals surface area (Å²) in [5.74, 6) is -0.262. The molecule has 0 unspecified atom stereocenters. The third-order valence-corrected chi connectivity index (χ3v) is 6.01. The van der Waals surface area contributed by atoms with Gasteiger partial charge in [-0.1, -0.05) is 41.0 Å². The highest BCUT2D eigenvalue weighted by atomic mass is 35.5. The number of nitrogens with one attached hydrogen (secondary N) is 1. The van der Waals surface area contributed by atoms with Crippen molar-refractivity contribution in [1.29, 1.82) is 0 Å². The monoisotopic (exact) mass is 392 g/mol. The predicted octanol–water partition coefficient (Wildman–Crippen LogP) is 3.29. The zero-order valence-electron chi connectivity index (χ0n) is 12.2. The molecule has 1 aliphatic heterocycles. The summed E-state index contributed by atoms with van der Waals surface area (Å²) in [4.78, 5) is 36.8. The van der Waals surface area contributed by atoms with Gasteiger partial charge >= 0.3 is 0 Å². The zero-order chi connectivity index (χ0) is 17.0. The molecule has 5 nitrogen and oxygen atoms in total. The van der Waals surface area contributed by atoms with Crippen LogP contribution < -0.4 is 5.32 Å². The molecule has 23 heavy (non-hydrogen) atoms. The van der Waals surface area contributed by atoms with Crippen molar-refractivity contribution >= 4 is 63.8 Å². The largest absolute Gasteiger partial charge is 0.353 e. The van der Waals surface area contributed by atoms with E-state index in [0.717, 1.165) is 16.7 Å². The Hall–Kier alpha value is -0.890. The van der Waals surface area contributed by atoms with Gasteiger partial charge in [0.15, 0.2) is 0 Å². The number of benzene rings is 1. The first-order chi connectivity index (χ1) is 10.9. The summed E-state index contributed by atoms with van der Waals surface area (Å²) in [6, 6.07) is 5.16. The molecule has 0 radical (unpaired) electrons. The Bertz CT molecular complexity index is 606. The first-order valence-electron chi connectivity index (χ1n) is 6.75. The van der Waals surface area contributed by atoms with Crippen LogP contribution in [0.2, 0.25) is 10.0 Å². The van der Waals surface area contributed by atoms with Gasteiger partial charge in [-0.3, -0.25) is 19.3 Å². The Morgan fingerprint density at radius 1 is 1.39 bits per heavy atom. The molecule has 3 amide bonds. The highest BCUT2D eigenvalue weighted by Gasteiger charge is 2.29. The minimum atomic E-state index is -0.410. The van der Waals surface area contributed by atoms with Crippen LogP contribution in [0.4, 0.5) is 4.79 Å². The van der Waals surface area contributed by atoms with E-state index < -0.39 is 5.25 Å². The Kier molecular flexibility index (Phi) is 6.64. The fourth-order valence-electron chi connectivity index (χ4n) is 1.86. The van der Waals surface area contributed by atoms with Gasteiger partial charge in [0.1, 0.15) is 0 Å². The fraction of sp³-hybridized carbons (Fsp3) is 0.357. The maximum absolute atomic E-state index is 12.1. The lowest BCUT2D eigenvalue weighted by Crippen LogP contribution is -2.39. The number of imide groups is 1. The third-order valence-electron chi connectivity index (χ3n) is 3.06. The van der Waals surface area contributed by atoms with Gasteiger partial charge in [-0.2, -0.15) is 0 Å².